The Morgan fingerprint density at radius 3 is 2.36 bits per heavy atom. The molecule has 25 heavy (non-hydrogen) atoms. The van der Waals surface area contributed by atoms with Crippen LogP contribution < -0.4 is 4.90 Å². The molecule has 134 valence electrons. The molecular weight excluding hydrogens is 467 g/mol. The summed E-state index contributed by atoms with van der Waals surface area (Å²) in [5.74, 6) is 0.904. The molecule has 4 nitrogen and oxygen atoms in total. The Kier molecular flexibility index (Phi) is 6.05. The van der Waals surface area contributed by atoms with E-state index in [4.69, 9.17) is 12.2 Å². The van der Waals surface area contributed by atoms with Gasteiger partial charge in [0.1, 0.15) is 9.57 Å². The monoisotopic (exact) mass is 488 g/mol. The molecule has 2 heterocycles. The van der Waals surface area contributed by atoms with Gasteiger partial charge in [0.2, 0.25) is 11.8 Å². The first-order chi connectivity index (χ1) is 11.8. The van der Waals surface area contributed by atoms with Gasteiger partial charge in [0.25, 0.3) is 0 Å². The zero-order valence-corrected chi connectivity index (χ0v) is 18.1. The third-order valence-electron chi connectivity index (χ3n) is 4.56. The Labute approximate surface area is 171 Å². The van der Waals surface area contributed by atoms with Crippen molar-refractivity contribution in [2.75, 3.05) is 18.0 Å². The standard InChI is InChI=1S/C18H21IN2O2S2/c1-11-7-12(2)10-20(9-11)18(24)25-15-8-16(22)21(17(15)23)14-5-3-13(19)4-6-14/h3-6,11-12,15H,7-10H2,1-2H3/t11-,12-,15+/m1/s1. The number of imide groups is 1. The van der Waals surface area contributed by atoms with E-state index in [0.717, 1.165) is 21.0 Å². The van der Waals surface area contributed by atoms with Crippen LogP contribution in [0.4, 0.5) is 5.69 Å². The first kappa shape index (κ1) is 19.1. The minimum absolute atomic E-state index is 0.146. The van der Waals surface area contributed by atoms with Gasteiger partial charge in [-0.2, -0.15) is 0 Å². The topological polar surface area (TPSA) is 40.6 Å². The molecule has 0 aromatic heterocycles. The fourth-order valence-electron chi connectivity index (χ4n) is 3.57. The lowest BCUT2D eigenvalue weighted by Crippen LogP contribution is -2.41. The number of anilines is 1. The van der Waals surface area contributed by atoms with Crippen LogP contribution in [0.25, 0.3) is 0 Å². The predicted octanol–water partition coefficient (Wildman–Crippen LogP) is 3.92. The molecule has 0 unspecified atom stereocenters. The number of amides is 2. The number of piperidine rings is 1. The van der Waals surface area contributed by atoms with Gasteiger partial charge < -0.3 is 4.90 Å². The largest absolute Gasteiger partial charge is 0.357 e. The molecule has 0 N–H and O–H groups in total. The second-order valence-electron chi connectivity index (χ2n) is 6.97. The Morgan fingerprint density at radius 1 is 1.16 bits per heavy atom. The van der Waals surface area contributed by atoms with Crippen LogP contribution in [-0.2, 0) is 9.59 Å². The highest BCUT2D eigenvalue weighted by Gasteiger charge is 2.41. The van der Waals surface area contributed by atoms with E-state index in [2.05, 4.69) is 41.3 Å². The van der Waals surface area contributed by atoms with E-state index < -0.39 is 5.25 Å². The second-order valence-corrected chi connectivity index (χ2v) is 10.1. The minimum Gasteiger partial charge on any atom is -0.357 e. The normalized spacial score (nSPS) is 27.1. The number of likely N-dealkylation sites (tertiary alicyclic amines) is 1. The van der Waals surface area contributed by atoms with Gasteiger partial charge in [0, 0.05) is 23.1 Å². The number of hydrogen-bond donors (Lipinski definition) is 0. The molecule has 2 amide bonds. The number of hydrogen-bond acceptors (Lipinski definition) is 4. The number of nitrogens with zero attached hydrogens (tertiary/aromatic N) is 2. The molecule has 7 heteroatoms. The van der Waals surface area contributed by atoms with Crippen molar-refractivity contribution in [3.8, 4) is 0 Å². The minimum atomic E-state index is -0.410. The Bertz CT molecular complexity index is 685. The maximum Gasteiger partial charge on any atom is 0.247 e. The molecule has 0 aliphatic carbocycles. The highest BCUT2D eigenvalue weighted by molar-refractivity contribution is 14.1. The van der Waals surface area contributed by atoms with Crippen LogP contribution in [0, 0.1) is 15.4 Å². The molecule has 2 saturated heterocycles. The van der Waals surface area contributed by atoms with Crippen LogP contribution in [-0.4, -0.2) is 39.4 Å². The number of thiocarbonyl (C=S) groups is 1. The van der Waals surface area contributed by atoms with Crippen LogP contribution in [0.2, 0.25) is 0 Å². The molecule has 0 spiro atoms. The van der Waals surface area contributed by atoms with Gasteiger partial charge in [-0.25, -0.2) is 4.90 Å². The van der Waals surface area contributed by atoms with Crippen molar-refractivity contribution < 1.29 is 9.59 Å². The maximum absolute atomic E-state index is 12.8. The maximum atomic E-state index is 12.8. The van der Waals surface area contributed by atoms with E-state index in [1.165, 1.54) is 23.1 Å². The molecule has 0 radical (unpaired) electrons. The lowest BCUT2D eigenvalue weighted by Gasteiger charge is -2.36. The number of carbonyl (C=O) groups is 2. The van der Waals surface area contributed by atoms with Gasteiger partial charge in [-0.1, -0.05) is 37.8 Å². The summed E-state index contributed by atoms with van der Waals surface area (Å²) in [7, 11) is 0. The first-order valence-corrected chi connectivity index (χ1v) is 10.8. The van der Waals surface area contributed by atoms with Gasteiger partial charge in [-0.05, 0) is 65.1 Å². The Morgan fingerprint density at radius 2 is 1.76 bits per heavy atom. The van der Waals surface area contributed by atoms with Crippen LogP contribution in [0.15, 0.2) is 24.3 Å². The summed E-state index contributed by atoms with van der Waals surface area (Å²) in [5.41, 5.74) is 0.643. The summed E-state index contributed by atoms with van der Waals surface area (Å²) in [6.07, 6.45) is 1.43. The van der Waals surface area contributed by atoms with E-state index in [-0.39, 0.29) is 18.2 Å². The smallest absolute Gasteiger partial charge is 0.247 e. The first-order valence-electron chi connectivity index (χ1n) is 8.43. The van der Waals surface area contributed by atoms with Crippen molar-refractivity contribution in [3.63, 3.8) is 0 Å². The molecule has 3 rings (SSSR count). The van der Waals surface area contributed by atoms with Gasteiger partial charge in [0.05, 0.1) is 5.69 Å². The van der Waals surface area contributed by atoms with E-state index in [0.29, 0.717) is 17.5 Å². The quantitative estimate of drug-likeness (QED) is 0.359. The van der Waals surface area contributed by atoms with Crippen LogP contribution in [0.5, 0.6) is 0 Å². The zero-order chi connectivity index (χ0) is 18.1. The molecule has 0 saturated carbocycles. The highest BCUT2D eigenvalue weighted by atomic mass is 127. The summed E-state index contributed by atoms with van der Waals surface area (Å²) < 4.78 is 1.81. The third-order valence-corrected chi connectivity index (χ3v) is 6.94. The Balaban J connectivity index is 1.68. The summed E-state index contributed by atoms with van der Waals surface area (Å²) in [6.45, 7) is 6.34. The van der Waals surface area contributed by atoms with Gasteiger partial charge in [-0.15, -0.1) is 0 Å². The second kappa shape index (κ2) is 7.92. The Hall–Kier alpha value is -0.670. The van der Waals surface area contributed by atoms with Crippen molar-refractivity contribution in [1.29, 1.82) is 0 Å². The van der Waals surface area contributed by atoms with E-state index in [1.807, 2.05) is 24.3 Å². The summed E-state index contributed by atoms with van der Waals surface area (Å²) in [4.78, 5) is 28.6. The third kappa shape index (κ3) is 4.36. The molecule has 3 atom stereocenters. The summed E-state index contributed by atoms with van der Waals surface area (Å²) in [6, 6.07) is 7.43. The van der Waals surface area contributed by atoms with Crippen molar-refractivity contribution in [2.45, 2.75) is 31.9 Å². The molecule has 2 aliphatic rings. The van der Waals surface area contributed by atoms with Crippen LogP contribution in [0.1, 0.15) is 26.7 Å². The average Bonchev–Trinajstić information content (AvgIpc) is 2.81. The van der Waals surface area contributed by atoms with Gasteiger partial charge >= 0.3 is 0 Å². The summed E-state index contributed by atoms with van der Waals surface area (Å²) in [5, 5.41) is -0.410. The van der Waals surface area contributed by atoms with Crippen molar-refractivity contribution in [1.82, 2.24) is 4.90 Å². The fourth-order valence-corrected chi connectivity index (χ4v) is 5.40. The van der Waals surface area contributed by atoms with Crippen LogP contribution in [0.3, 0.4) is 0 Å². The van der Waals surface area contributed by atoms with Crippen molar-refractivity contribution in [3.05, 3.63) is 27.8 Å². The number of halogens is 1. The van der Waals surface area contributed by atoms with Crippen molar-refractivity contribution in [2.24, 2.45) is 11.8 Å². The van der Waals surface area contributed by atoms with Gasteiger partial charge in [0.15, 0.2) is 0 Å². The molecular formula is C18H21IN2O2S2. The lowest BCUT2D eigenvalue weighted by atomic mass is 9.92. The number of thioether (sulfide) groups is 1. The average molecular weight is 488 g/mol. The van der Waals surface area contributed by atoms with E-state index in [1.54, 1.807) is 0 Å². The highest BCUT2D eigenvalue weighted by Crippen LogP contribution is 2.33. The number of benzene rings is 1. The molecule has 2 fully saturated rings. The lowest BCUT2D eigenvalue weighted by molar-refractivity contribution is -0.121. The molecule has 0 bridgehead atoms. The van der Waals surface area contributed by atoms with Crippen molar-refractivity contribution >= 4 is 68.4 Å². The zero-order valence-electron chi connectivity index (χ0n) is 14.3. The predicted molar refractivity (Wildman–Crippen MR) is 115 cm³/mol. The number of rotatable bonds is 2. The van der Waals surface area contributed by atoms with Crippen LogP contribution >= 0.6 is 46.6 Å². The molecule has 1 aromatic rings. The molecule has 1 aromatic carbocycles. The van der Waals surface area contributed by atoms with E-state index >= 15 is 0 Å². The number of carbonyl (C=O) groups excluding carboxylic acids is 2. The summed E-state index contributed by atoms with van der Waals surface area (Å²) >= 11 is 9.16. The molecule has 2 aliphatic heterocycles. The van der Waals surface area contributed by atoms with Gasteiger partial charge in [-0.3, -0.25) is 9.59 Å². The fraction of sp³-hybridized carbons (Fsp3) is 0.500. The van der Waals surface area contributed by atoms with E-state index in [9.17, 15) is 9.59 Å². The SMILES string of the molecule is C[C@@H]1C[C@@H](C)CN(C(=S)S[C@H]2CC(=O)N(c3ccc(I)cc3)C2=O)C1.